The number of nitrogens with zero attached hydrogens (tertiary/aromatic N) is 3. The van der Waals surface area contributed by atoms with Gasteiger partial charge >= 0.3 is 10.2 Å². The Morgan fingerprint density at radius 3 is 2.58 bits per heavy atom. The summed E-state index contributed by atoms with van der Waals surface area (Å²) in [6, 6.07) is 1.35. The number of ether oxygens (including phenoxy) is 1. The molecule has 0 aliphatic carbocycles. The maximum atomic E-state index is 12.2. The summed E-state index contributed by atoms with van der Waals surface area (Å²) in [7, 11) is -3.66. The standard InChI is InChI=1S/C10H15ClN4O3S/c1-7-4-15(5-8(2)18-7)19(16,17)14-10-3-9(11)12-6-13-10/h3,6-8H,4-5H2,1-2H3,(H,12,13,14). The van der Waals surface area contributed by atoms with Crippen molar-refractivity contribution >= 4 is 27.6 Å². The second-order valence-electron chi connectivity index (χ2n) is 4.41. The average Bonchev–Trinajstić information content (AvgIpc) is 2.26. The van der Waals surface area contributed by atoms with Crippen molar-refractivity contribution in [3.63, 3.8) is 0 Å². The van der Waals surface area contributed by atoms with E-state index in [9.17, 15) is 8.42 Å². The smallest absolute Gasteiger partial charge is 0.302 e. The van der Waals surface area contributed by atoms with Crippen molar-refractivity contribution in [3.8, 4) is 0 Å². The molecule has 1 N–H and O–H groups in total. The highest BCUT2D eigenvalue weighted by molar-refractivity contribution is 7.90. The summed E-state index contributed by atoms with van der Waals surface area (Å²) in [6.45, 7) is 4.27. The molecule has 19 heavy (non-hydrogen) atoms. The van der Waals surface area contributed by atoms with Crippen LogP contribution < -0.4 is 4.72 Å². The maximum Gasteiger partial charge on any atom is 0.302 e. The van der Waals surface area contributed by atoms with Crippen LogP contribution in [0.1, 0.15) is 13.8 Å². The van der Waals surface area contributed by atoms with Crippen molar-refractivity contribution in [1.29, 1.82) is 0 Å². The van der Waals surface area contributed by atoms with E-state index >= 15 is 0 Å². The first-order valence-corrected chi connectivity index (χ1v) is 7.59. The van der Waals surface area contributed by atoms with Gasteiger partial charge < -0.3 is 4.74 Å². The molecule has 7 nitrogen and oxygen atoms in total. The predicted octanol–water partition coefficient (Wildman–Crippen LogP) is 0.896. The van der Waals surface area contributed by atoms with E-state index in [1.807, 2.05) is 13.8 Å². The molecule has 2 atom stereocenters. The van der Waals surface area contributed by atoms with Gasteiger partial charge in [-0.3, -0.25) is 4.72 Å². The molecule has 0 saturated carbocycles. The minimum Gasteiger partial charge on any atom is -0.373 e. The third-order valence-electron chi connectivity index (χ3n) is 2.59. The Kier molecular flexibility index (Phi) is 4.24. The Balaban J connectivity index is 2.14. The minimum atomic E-state index is -3.66. The molecular formula is C10H15ClN4O3S. The van der Waals surface area contributed by atoms with E-state index in [-0.39, 0.29) is 23.2 Å². The fourth-order valence-corrected chi connectivity index (χ4v) is 3.38. The normalized spacial score (nSPS) is 25.2. The van der Waals surface area contributed by atoms with E-state index in [2.05, 4.69) is 14.7 Å². The Hall–Kier alpha value is -0.960. The monoisotopic (exact) mass is 306 g/mol. The Labute approximate surface area is 117 Å². The van der Waals surface area contributed by atoms with Gasteiger partial charge in [0.05, 0.1) is 12.2 Å². The molecule has 0 spiro atoms. The van der Waals surface area contributed by atoms with Crippen LogP contribution in [-0.2, 0) is 14.9 Å². The van der Waals surface area contributed by atoms with Crippen LogP contribution in [-0.4, -0.2) is 48.0 Å². The summed E-state index contributed by atoms with van der Waals surface area (Å²) in [4.78, 5) is 7.51. The van der Waals surface area contributed by atoms with Crippen molar-refractivity contribution < 1.29 is 13.2 Å². The lowest BCUT2D eigenvalue weighted by Gasteiger charge is -2.34. The van der Waals surface area contributed by atoms with Crippen LogP contribution in [0.4, 0.5) is 5.82 Å². The van der Waals surface area contributed by atoms with Gasteiger partial charge in [-0.15, -0.1) is 0 Å². The number of rotatable bonds is 3. The number of morpholine rings is 1. The number of aromatic nitrogens is 2. The molecule has 9 heteroatoms. The lowest BCUT2D eigenvalue weighted by Crippen LogP contribution is -2.50. The van der Waals surface area contributed by atoms with Crippen molar-refractivity contribution in [2.75, 3.05) is 17.8 Å². The summed E-state index contributed by atoms with van der Waals surface area (Å²) in [5.41, 5.74) is 0. The first kappa shape index (κ1) is 14.4. The molecule has 1 aromatic rings. The number of anilines is 1. The summed E-state index contributed by atoms with van der Waals surface area (Å²) >= 11 is 5.69. The number of halogens is 1. The largest absolute Gasteiger partial charge is 0.373 e. The Morgan fingerprint density at radius 1 is 1.37 bits per heavy atom. The Bertz CT molecular complexity index is 543. The number of nitrogens with one attached hydrogen (secondary N) is 1. The third-order valence-corrected chi connectivity index (χ3v) is 4.25. The third kappa shape index (κ3) is 3.75. The van der Waals surface area contributed by atoms with Crippen LogP contribution in [0.15, 0.2) is 12.4 Å². The minimum absolute atomic E-state index is 0.144. The molecule has 2 unspecified atom stereocenters. The van der Waals surface area contributed by atoms with Gasteiger partial charge in [0.1, 0.15) is 17.3 Å². The van der Waals surface area contributed by atoms with Gasteiger partial charge in [-0.25, -0.2) is 9.97 Å². The fraction of sp³-hybridized carbons (Fsp3) is 0.600. The zero-order valence-corrected chi connectivity index (χ0v) is 12.1. The fourth-order valence-electron chi connectivity index (χ4n) is 1.91. The number of hydrogen-bond acceptors (Lipinski definition) is 5. The van der Waals surface area contributed by atoms with Crippen LogP contribution in [0.5, 0.6) is 0 Å². The highest BCUT2D eigenvalue weighted by Crippen LogP contribution is 2.17. The molecule has 1 saturated heterocycles. The van der Waals surface area contributed by atoms with Gasteiger partial charge in [-0.2, -0.15) is 12.7 Å². The van der Waals surface area contributed by atoms with E-state index in [0.29, 0.717) is 13.1 Å². The maximum absolute atomic E-state index is 12.2. The predicted molar refractivity (Wildman–Crippen MR) is 71.2 cm³/mol. The van der Waals surface area contributed by atoms with E-state index in [1.165, 1.54) is 16.7 Å². The molecular weight excluding hydrogens is 292 g/mol. The summed E-state index contributed by atoms with van der Waals surface area (Å²) in [6.07, 6.45) is 0.911. The zero-order chi connectivity index (χ0) is 14.0. The van der Waals surface area contributed by atoms with Crippen LogP contribution >= 0.6 is 11.6 Å². The van der Waals surface area contributed by atoms with Gasteiger partial charge in [-0.1, -0.05) is 11.6 Å². The van der Waals surface area contributed by atoms with Crippen molar-refractivity contribution in [3.05, 3.63) is 17.5 Å². The Morgan fingerprint density at radius 2 is 2.00 bits per heavy atom. The topological polar surface area (TPSA) is 84.4 Å². The molecule has 1 aliphatic rings. The molecule has 0 amide bonds. The number of hydrogen-bond donors (Lipinski definition) is 1. The van der Waals surface area contributed by atoms with Crippen molar-refractivity contribution in [2.45, 2.75) is 26.1 Å². The lowest BCUT2D eigenvalue weighted by molar-refractivity contribution is -0.0439. The molecule has 1 aromatic heterocycles. The highest BCUT2D eigenvalue weighted by atomic mass is 35.5. The average molecular weight is 307 g/mol. The quantitative estimate of drug-likeness (QED) is 0.839. The highest BCUT2D eigenvalue weighted by Gasteiger charge is 2.31. The first-order chi connectivity index (χ1) is 8.87. The summed E-state index contributed by atoms with van der Waals surface area (Å²) < 4.78 is 33.6. The summed E-state index contributed by atoms with van der Waals surface area (Å²) in [5, 5.41) is 0.177. The van der Waals surface area contributed by atoms with Gasteiger partial charge in [0.2, 0.25) is 0 Å². The van der Waals surface area contributed by atoms with E-state index < -0.39 is 10.2 Å². The molecule has 2 heterocycles. The lowest BCUT2D eigenvalue weighted by atomic mass is 10.3. The van der Waals surface area contributed by atoms with E-state index in [0.717, 1.165) is 0 Å². The van der Waals surface area contributed by atoms with Gasteiger partial charge in [-0.05, 0) is 13.8 Å². The van der Waals surface area contributed by atoms with Gasteiger partial charge in [0.15, 0.2) is 0 Å². The van der Waals surface area contributed by atoms with Crippen LogP contribution in [0.2, 0.25) is 5.15 Å². The van der Waals surface area contributed by atoms with Gasteiger partial charge in [0, 0.05) is 19.2 Å². The van der Waals surface area contributed by atoms with E-state index in [4.69, 9.17) is 16.3 Å². The van der Waals surface area contributed by atoms with Crippen LogP contribution in [0, 0.1) is 0 Å². The molecule has 1 aliphatic heterocycles. The molecule has 106 valence electrons. The molecule has 0 aromatic carbocycles. The molecule has 0 bridgehead atoms. The molecule has 1 fully saturated rings. The van der Waals surface area contributed by atoms with Crippen LogP contribution in [0.25, 0.3) is 0 Å². The molecule has 0 radical (unpaired) electrons. The first-order valence-electron chi connectivity index (χ1n) is 5.78. The van der Waals surface area contributed by atoms with Crippen molar-refractivity contribution in [1.82, 2.24) is 14.3 Å². The van der Waals surface area contributed by atoms with Crippen molar-refractivity contribution in [2.24, 2.45) is 0 Å². The second-order valence-corrected chi connectivity index (χ2v) is 6.47. The van der Waals surface area contributed by atoms with Crippen LogP contribution in [0.3, 0.4) is 0 Å². The van der Waals surface area contributed by atoms with E-state index in [1.54, 1.807) is 0 Å². The van der Waals surface area contributed by atoms with Gasteiger partial charge in [0.25, 0.3) is 0 Å². The second kappa shape index (κ2) is 5.58. The zero-order valence-electron chi connectivity index (χ0n) is 10.6. The molecule has 2 rings (SSSR count). The SMILES string of the molecule is CC1CN(S(=O)(=O)Nc2cc(Cl)ncn2)CC(C)O1. The summed E-state index contributed by atoms with van der Waals surface area (Å²) in [5.74, 6) is 0.145.